The predicted molar refractivity (Wildman–Crippen MR) is 82.3 cm³/mol. The van der Waals surface area contributed by atoms with Gasteiger partial charge in [0.1, 0.15) is 0 Å². The Labute approximate surface area is 129 Å². The van der Waals surface area contributed by atoms with Crippen LogP contribution < -0.4 is 10.6 Å². The normalized spacial score (nSPS) is 12.0. The zero-order chi connectivity index (χ0) is 15.8. The maximum atomic E-state index is 11.6. The summed E-state index contributed by atoms with van der Waals surface area (Å²) in [6.45, 7) is 4.83. The molecule has 1 amide bonds. The van der Waals surface area contributed by atoms with Gasteiger partial charge in [-0.05, 0) is 25.0 Å². The largest absolute Gasteiger partial charge is 0.354 e. The molecule has 0 aliphatic carbocycles. The second-order valence-corrected chi connectivity index (χ2v) is 5.24. The highest BCUT2D eigenvalue weighted by atomic mass is 35.5. The van der Waals surface area contributed by atoms with Gasteiger partial charge in [0.15, 0.2) is 0 Å². The molecule has 1 rings (SSSR count). The molecule has 0 aliphatic rings. The minimum atomic E-state index is -0.459. The van der Waals surface area contributed by atoms with E-state index in [4.69, 9.17) is 11.6 Å². The summed E-state index contributed by atoms with van der Waals surface area (Å²) in [6, 6.07) is 4.48. The standard InChI is InChI=1S/C14H20ClN3O3/c1-3-10(2)17-14(19)6-7-16-9-11-8-12(18(20)21)4-5-13(11)15/h4-5,8,10,16H,3,6-7,9H2,1-2H3,(H,17,19). The van der Waals surface area contributed by atoms with Crippen LogP contribution in [0.4, 0.5) is 5.69 Å². The molecule has 7 heteroatoms. The Balaban J connectivity index is 2.40. The predicted octanol–water partition coefficient (Wildman–Crippen LogP) is 2.64. The van der Waals surface area contributed by atoms with E-state index < -0.39 is 4.92 Å². The van der Waals surface area contributed by atoms with Crippen molar-refractivity contribution in [3.05, 3.63) is 38.9 Å². The van der Waals surface area contributed by atoms with E-state index in [9.17, 15) is 14.9 Å². The zero-order valence-electron chi connectivity index (χ0n) is 12.2. The third-order valence-electron chi connectivity index (χ3n) is 3.10. The van der Waals surface area contributed by atoms with Crippen molar-refractivity contribution in [3.63, 3.8) is 0 Å². The van der Waals surface area contributed by atoms with Gasteiger partial charge in [-0.15, -0.1) is 0 Å². The highest BCUT2D eigenvalue weighted by molar-refractivity contribution is 6.31. The molecule has 0 saturated carbocycles. The van der Waals surface area contributed by atoms with Gasteiger partial charge in [-0.25, -0.2) is 0 Å². The Morgan fingerprint density at radius 1 is 1.48 bits per heavy atom. The first-order valence-electron chi connectivity index (χ1n) is 6.87. The van der Waals surface area contributed by atoms with Crippen molar-refractivity contribution >= 4 is 23.2 Å². The van der Waals surface area contributed by atoms with Crippen LogP contribution in [0.1, 0.15) is 32.3 Å². The molecule has 0 heterocycles. The van der Waals surface area contributed by atoms with Crippen LogP contribution in [0.25, 0.3) is 0 Å². The third-order valence-corrected chi connectivity index (χ3v) is 3.47. The van der Waals surface area contributed by atoms with Crippen molar-refractivity contribution in [1.29, 1.82) is 0 Å². The van der Waals surface area contributed by atoms with Crippen molar-refractivity contribution in [2.45, 2.75) is 39.3 Å². The van der Waals surface area contributed by atoms with Crippen LogP contribution in [0.5, 0.6) is 0 Å². The van der Waals surface area contributed by atoms with E-state index in [0.717, 1.165) is 6.42 Å². The van der Waals surface area contributed by atoms with E-state index in [1.54, 1.807) is 0 Å². The fraction of sp³-hybridized carbons (Fsp3) is 0.500. The number of amides is 1. The molecule has 6 nitrogen and oxygen atoms in total. The number of rotatable bonds is 8. The molecule has 1 aromatic carbocycles. The van der Waals surface area contributed by atoms with Crippen LogP contribution >= 0.6 is 11.6 Å². The summed E-state index contributed by atoms with van der Waals surface area (Å²) in [7, 11) is 0. The summed E-state index contributed by atoms with van der Waals surface area (Å²) >= 11 is 5.99. The topological polar surface area (TPSA) is 84.3 Å². The monoisotopic (exact) mass is 313 g/mol. The van der Waals surface area contributed by atoms with Crippen molar-refractivity contribution in [2.75, 3.05) is 6.54 Å². The lowest BCUT2D eigenvalue weighted by Crippen LogP contribution is -2.33. The van der Waals surface area contributed by atoms with Gasteiger partial charge in [0.25, 0.3) is 5.69 Å². The number of nitro benzene ring substituents is 1. The fourth-order valence-corrected chi connectivity index (χ4v) is 1.87. The maximum absolute atomic E-state index is 11.6. The van der Waals surface area contributed by atoms with Gasteiger partial charge < -0.3 is 10.6 Å². The zero-order valence-corrected chi connectivity index (χ0v) is 12.9. The Morgan fingerprint density at radius 3 is 2.81 bits per heavy atom. The summed E-state index contributed by atoms with van der Waals surface area (Å²) in [5.41, 5.74) is 0.652. The van der Waals surface area contributed by atoms with E-state index in [1.165, 1.54) is 18.2 Å². The second kappa shape index (κ2) is 8.59. The molecule has 0 bridgehead atoms. The minimum Gasteiger partial charge on any atom is -0.354 e. The summed E-state index contributed by atoms with van der Waals surface area (Å²) in [5.74, 6) is -0.0120. The van der Waals surface area contributed by atoms with E-state index >= 15 is 0 Å². The molecule has 0 aliphatic heterocycles. The summed E-state index contributed by atoms with van der Waals surface area (Å²) in [4.78, 5) is 21.8. The SMILES string of the molecule is CCC(C)NC(=O)CCNCc1cc([N+](=O)[O-])ccc1Cl. The molecule has 0 saturated heterocycles. The van der Waals surface area contributed by atoms with Gasteiger partial charge in [0.2, 0.25) is 5.91 Å². The maximum Gasteiger partial charge on any atom is 0.269 e. The van der Waals surface area contributed by atoms with Gasteiger partial charge in [-0.2, -0.15) is 0 Å². The Kier molecular flexibility index (Phi) is 7.11. The van der Waals surface area contributed by atoms with E-state index in [2.05, 4.69) is 10.6 Å². The first kappa shape index (κ1) is 17.4. The lowest BCUT2D eigenvalue weighted by molar-refractivity contribution is -0.384. The van der Waals surface area contributed by atoms with Gasteiger partial charge in [-0.1, -0.05) is 18.5 Å². The molecule has 1 unspecified atom stereocenters. The first-order chi connectivity index (χ1) is 9.93. The van der Waals surface area contributed by atoms with Gasteiger partial charge in [0, 0.05) is 42.7 Å². The van der Waals surface area contributed by atoms with Gasteiger partial charge in [0.05, 0.1) is 4.92 Å². The molecule has 21 heavy (non-hydrogen) atoms. The van der Waals surface area contributed by atoms with Crippen LogP contribution in [0.3, 0.4) is 0 Å². The lowest BCUT2D eigenvalue weighted by Gasteiger charge is -2.11. The number of hydrogen-bond donors (Lipinski definition) is 2. The number of carbonyl (C=O) groups excluding carboxylic acids is 1. The average Bonchev–Trinajstić information content (AvgIpc) is 2.44. The number of non-ortho nitro benzene ring substituents is 1. The van der Waals surface area contributed by atoms with Crippen molar-refractivity contribution < 1.29 is 9.72 Å². The first-order valence-corrected chi connectivity index (χ1v) is 7.24. The molecular formula is C14H20ClN3O3. The summed E-state index contributed by atoms with van der Waals surface area (Å²) in [5, 5.41) is 17.1. The number of nitrogens with zero attached hydrogens (tertiary/aromatic N) is 1. The second-order valence-electron chi connectivity index (χ2n) is 4.84. The van der Waals surface area contributed by atoms with Crippen LogP contribution in [-0.4, -0.2) is 23.4 Å². The molecule has 116 valence electrons. The molecule has 1 aromatic rings. The van der Waals surface area contributed by atoms with E-state index in [1.807, 2.05) is 13.8 Å². The molecule has 0 radical (unpaired) electrons. The minimum absolute atomic E-state index is 0.00529. The van der Waals surface area contributed by atoms with Crippen molar-refractivity contribution in [1.82, 2.24) is 10.6 Å². The van der Waals surface area contributed by atoms with Gasteiger partial charge >= 0.3 is 0 Å². The number of halogens is 1. The number of carbonyl (C=O) groups is 1. The van der Waals surface area contributed by atoms with Crippen molar-refractivity contribution in [2.24, 2.45) is 0 Å². The van der Waals surface area contributed by atoms with Crippen LogP contribution in [0, 0.1) is 10.1 Å². The Morgan fingerprint density at radius 2 is 2.19 bits per heavy atom. The Bertz CT molecular complexity index is 508. The number of nitro groups is 1. The molecule has 1 atom stereocenters. The highest BCUT2D eigenvalue weighted by Gasteiger charge is 2.10. The fourth-order valence-electron chi connectivity index (χ4n) is 1.68. The van der Waals surface area contributed by atoms with Crippen LogP contribution in [0.2, 0.25) is 5.02 Å². The Hall–Kier alpha value is -1.66. The molecule has 0 fully saturated rings. The van der Waals surface area contributed by atoms with E-state index in [-0.39, 0.29) is 17.6 Å². The molecule has 0 spiro atoms. The number of hydrogen-bond acceptors (Lipinski definition) is 4. The smallest absolute Gasteiger partial charge is 0.269 e. The van der Waals surface area contributed by atoms with Crippen molar-refractivity contribution in [3.8, 4) is 0 Å². The summed E-state index contributed by atoms with van der Waals surface area (Å²) < 4.78 is 0. The molecule has 2 N–H and O–H groups in total. The summed E-state index contributed by atoms with van der Waals surface area (Å²) in [6.07, 6.45) is 1.25. The quantitative estimate of drug-likeness (QED) is 0.439. The number of benzene rings is 1. The van der Waals surface area contributed by atoms with Crippen LogP contribution in [-0.2, 0) is 11.3 Å². The van der Waals surface area contributed by atoms with E-state index in [0.29, 0.717) is 30.1 Å². The number of nitrogens with one attached hydrogen (secondary N) is 2. The molecule has 0 aromatic heterocycles. The highest BCUT2D eigenvalue weighted by Crippen LogP contribution is 2.21. The van der Waals surface area contributed by atoms with Crippen LogP contribution in [0.15, 0.2) is 18.2 Å². The third kappa shape index (κ3) is 6.10. The molecular weight excluding hydrogens is 294 g/mol. The van der Waals surface area contributed by atoms with Gasteiger partial charge in [-0.3, -0.25) is 14.9 Å². The average molecular weight is 314 g/mol. The lowest BCUT2D eigenvalue weighted by atomic mass is 10.2.